The van der Waals surface area contributed by atoms with Gasteiger partial charge in [0.25, 0.3) is 0 Å². The maximum Gasteiger partial charge on any atom is 0.227 e. The summed E-state index contributed by atoms with van der Waals surface area (Å²) in [6, 6.07) is 68.2. The van der Waals surface area contributed by atoms with E-state index in [0.717, 1.165) is 55.6 Å². The largest absolute Gasteiger partial charge is 0.436 e. The molecule has 0 amide bonds. The summed E-state index contributed by atoms with van der Waals surface area (Å²) in [7, 11) is 0. The molecule has 1 heterocycles. The van der Waals surface area contributed by atoms with Gasteiger partial charge in [-0.15, -0.1) is 0 Å². The summed E-state index contributed by atoms with van der Waals surface area (Å²) >= 11 is 0. The van der Waals surface area contributed by atoms with Crippen molar-refractivity contribution in [2.75, 3.05) is 4.90 Å². The number of hydrogen-bond acceptors (Lipinski definition) is 3. The molecule has 3 heteroatoms. The lowest BCUT2D eigenvalue weighted by molar-refractivity contribution is 0.620. The summed E-state index contributed by atoms with van der Waals surface area (Å²) in [4.78, 5) is 7.26. The Labute approximate surface area is 291 Å². The van der Waals surface area contributed by atoms with Crippen LogP contribution in [-0.4, -0.2) is 4.98 Å². The van der Waals surface area contributed by atoms with Crippen LogP contribution >= 0.6 is 0 Å². The Balaban J connectivity index is 1.12. The fourth-order valence-electron chi connectivity index (χ4n) is 6.83. The van der Waals surface area contributed by atoms with Crippen molar-refractivity contribution < 1.29 is 4.42 Å². The lowest BCUT2D eigenvalue weighted by Crippen LogP contribution is -2.10. The summed E-state index contributed by atoms with van der Waals surface area (Å²) < 4.78 is 6.19. The Morgan fingerprint density at radius 2 is 0.900 bits per heavy atom. The highest BCUT2D eigenvalue weighted by Crippen LogP contribution is 2.40. The first-order valence-corrected chi connectivity index (χ1v) is 16.9. The Hall–Kier alpha value is -6.71. The number of fused-ring (bicyclic) bond motifs is 3. The summed E-state index contributed by atoms with van der Waals surface area (Å²) in [6.45, 7) is 0. The van der Waals surface area contributed by atoms with Gasteiger partial charge in [0.2, 0.25) is 5.89 Å². The fourth-order valence-corrected chi connectivity index (χ4v) is 6.83. The number of hydrogen-bond donors (Lipinski definition) is 0. The molecular weight excluding hydrogens is 609 g/mol. The molecule has 0 bridgehead atoms. The number of nitrogens with zero attached hydrogens (tertiary/aromatic N) is 2. The third-order valence-corrected chi connectivity index (χ3v) is 9.32. The van der Waals surface area contributed by atoms with Crippen molar-refractivity contribution in [2.24, 2.45) is 0 Å². The molecule has 0 N–H and O–H groups in total. The first-order chi connectivity index (χ1) is 24.8. The highest BCUT2D eigenvalue weighted by Gasteiger charge is 2.16. The lowest BCUT2D eigenvalue weighted by atomic mass is 9.97. The van der Waals surface area contributed by atoms with E-state index < -0.39 is 0 Å². The molecule has 0 fully saturated rings. The second-order valence-electron chi connectivity index (χ2n) is 12.4. The second kappa shape index (κ2) is 12.7. The van der Waals surface area contributed by atoms with Gasteiger partial charge in [0.05, 0.1) is 0 Å². The van der Waals surface area contributed by atoms with Crippen molar-refractivity contribution in [1.29, 1.82) is 0 Å². The van der Waals surface area contributed by atoms with Gasteiger partial charge >= 0.3 is 0 Å². The monoisotopic (exact) mass is 640 g/mol. The number of anilines is 3. The Kier molecular flexibility index (Phi) is 7.49. The van der Waals surface area contributed by atoms with Crippen molar-refractivity contribution in [3.8, 4) is 44.8 Å². The van der Waals surface area contributed by atoms with Crippen LogP contribution < -0.4 is 4.90 Å². The quantitative estimate of drug-likeness (QED) is 0.174. The van der Waals surface area contributed by atoms with Gasteiger partial charge in [-0.3, -0.25) is 0 Å². The molecular formula is C47H32N2O. The van der Waals surface area contributed by atoms with Gasteiger partial charge in [0.15, 0.2) is 5.58 Å². The molecule has 0 atom stereocenters. The number of rotatable bonds is 7. The molecule has 50 heavy (non-hydrogen) atoms. The van der Waals surface area contributed by atoms with Crippen LogP contribution in [0.3, 0.4) is 0 Å². The molecule has 9 aromatic rings. The van der Waals surface area contributed by atoms with Crippen LogP contribution in [0.15, 0.2) is 199 Å². The summed E-state index contributed by atoms with van der Waals surface area (Å²) in [5.74, 6) is 0.635. The molecule has 3 nitrogen and oxygen atoms in total. The second-order valence-corrected chi connectivity index (χ2v) is 12.4. The molecule has 9 rings (SSSR count). The molecule has 0 saturated carbocycles. The third-order valence-electron chi connectivity index (χ3n) is 9.32. The van der Waals surface area contributed by atoms with E-state index in [-0.39, 0.29) is 0 Å². The molecule has 236 valence electrons. The van der Waals surface area contributed by atoms with E-state index in [1.807, 2.05) is 36.4 Å². The average molecular weight is 641 g/mol. The van der Waals surface area contributed by atoms with Gasteiger partial charge in [0.1, 0.15) is 5.52 Å². The maximum absolute atomic E-state index is 6.19. The van der Waals surface area contributed by atoms with Gasteiger partial charge in [-0.1, -0.05) is 133 Å². The SMILES string of the molecule is c1ccc(-c2ccc(N(c3ccc(-c4cccc5c4ccc4oc(-c6ccccc6)nc45)cc3)c3cccc(-c4ccccc4)c3)cc2)cc1. The predicted molar refractivity (Wildman–Crippen MR) is 208 cm³/mol. The Morgan fingerprint density at radius 1 is 0.360 bits per heavy atom. The molecule has 0 spiro atoms. The molecule has 0 aliphatic heterocycles. The number of benzene rings is 8. The van der Waals surface area contributed by atoms with Crippen LogP contribution in [0, 0.1) is 0 Å². The molecule has 1 aromatic heterocycles. The highest BCUT2D eigenvalue weighted by atomic mass is 16.3. The molecule has 0 aliphatic rings. The normalized spacial score (nSPS) is 11.2. The van der Waals surface area contributed by atoms with Crippen molar-refractivity contribution in [1.82, 2.24) is 4.98 Å². The van der Waals surface area contributed by atoms with E-state index in [9.17, 15) is 0 Å². The summed E-state index contributed by atoms with van der Waals surface area (Å²) in [6.07, 6.45) is 0. The number of oxazole rings is 1. The van der Waals surface area contributed by atoms with E-state index >= 15 is 0 Å². The van der Waals surface area contributed by atoms with Crippen molar-refractivity contribution in [3.05, 3.63) is 194 Å². The molecule has 0 saturated heterocycles. The van der Waals surface area contributed by atoms with Crippen LogP contribution in [0.25, 0.3) is 66.7 Å². The minimum Gasteiger partial charge on any atom is -0.436 e. The molecule has 0 radical (unpaired) electrons. The van der Waals surface area contributed by atoms with E-state index in [0.29, 0.717) is 5.89 Å². The first-order valence-electron chi connectivity index (χ1n) is 16.9. The molecule has 8 aromatic carbocycles. The van der Waals surface area contributed by atoms with Gasteiger partial charge in [-0.25, -0.2) is 4.98 Å². The molecule has 0 unspecified atom stereocenters. The highest BCUT2D eigenvalue weighted by molar-refractivity contribution is 6.09. The predicted octanol–water partition coefficient (Wildman–Crippen LogP) is 13.1. The van der Waals surface area contributed by atoms with Crippen molar-refractivity contribution >= 4 is 38.9 Å². The van der Waals surface area contributed by atoms with Crippen LogP contribution in [0.4, 0.5) is 17.1 Å². The summed E-state index contributed by atoms with van der Waals surface area (Å²) in [5.41, 5.74) is 13.0. The van der Waals surface area contributed by atoms with E-state index in [1.54, 1.807) is 0 Å². The molecule has 0 aliphatic carbocycles. The van der Waals surface area contributed by atoms with Crippen LogP contribution in [0.1, 0.15) is 0 Å². The van der Waals surface area contributed by atoms with Gasteiger partial charge in [-0.05, 0) is 99.4 Å². The Morgan fingerprint density at radius 3 is 1.56 bits per heavy atom. The maximum atomic E-state index is 6.19. The van der Waals surface area contributed by atoms with E-state index in [4.69, 9.17) is 9.40 Å². The zero-order chi connectivity index (χ0) is 33.3. The number of aromatic nitrogens is 1. The van der Waals surface area contributed by atoms with Crippen LogP contribution in [0.5, 0.6) is 0 Å². The smallest absolute Gasteiger partial charge is 0.227 e. The van der Waals surface area contributed by atoms with Gasteiger partial charge in [0, 0.05) is 28.0 Å². The minimum absolute atomic E-state index is 0.635. The zero-order valence-corrected chi connectivity index (χ0v) is 27.3. The van der Waals surface area contributed by atoms with Crippen LogP contribution in [0.2, 0.25) is 0 Å². The Bertz CT molecular complexity index is 2560. The lowest BCUT2D eigenvalue weighted by Gasteiger charge is -2.26. The van der Waals surface area contributed by atoms with Crippen LogP contribution in [-0.2, 0) is 0 Å². The fraction of sp³-hybridized carbons (Fsp3) is 0. The summed E-state index contributed by atoms with van der Waals surface area (Å²) in [5, 5.41) is 2.22. The minimum atomic E-state index is 0.635. The zero-order valence-electron chi connectivity index (χ0n) is 27.3. The first kappa shape index (κ1) is 29.4. The van der Waals surface area contributed by atoms with E-state index in [2.05, 4.69) is 163 Å². The van der Waals surface area contributed by atoms with Gasteiger partial charge in [-0.2, -0.15) is 0 Å². The van der Waals surface area contributed by atoms with Gasteiger partial charge < -0.3 is 9.32 Å². The van der Waals surface area contributed by atoms with Crippen molar-refractivity contribution in [2.45, 2.75) is 0 Å². The average Bonchev–Trinajstić information content (AvgIpc) is 3.65. The van der Waals surface area contributed by atoms with Crippen molar-refractivity contribution in [3.63, 3.8) is 0 Å². The van der Waals surface area contributed by atoms with E-state index in [1.165, 1.54) is 22.3 Å². The third kappa shape index (κ3) is 5.51. The topological polar surface area (TPSA) is 29.3 Å². The standard InChI is InChI=1S/C47H32N2O/c1-4-12-33(13-5-1)35-22-26-39(27-23-35)49(41-19-10-18-38(32-41)34-14-6-2-7-15-34)40-28-24-36(25-29-40)42-20-11-21-44-43(42)30-31-45-46(44)48-47(50-45)37-16-8-3-9-17-37/h1-32H.